The summed E-state index contributed by atoms with van der Waals surface area (Å²) in [6, 6.07) is 6.29. The fourth-order valence-corrected chi connectivity index (χ4v) is 8.70. The Labute approximate surface area is 339 Å². The third-order valence-corrected chi connectivity index (χ3v) is 12.1. The predicted molar refractivity (Wildman–Crippen MR) is 206 cm³/mol. The molecular weight excluding hydrogens is 822 g/mol. The summed E-state index contributed by atoms with van der Waals surface area (Å²) < 4.78 is 74.2. The van der Waals surface area contributed by atoms with Gasteiger partial charge in [0.15, 0.2) is 32.8 Å². The minimum atomic E-state index is -4.29. The van der Waals surface area contributed by atoms with E-state index in [4.69, 9.17) is 30.5 Å². The summed E-state index contributed by atoms with van der Waals surface area (Å²) in [5.74, 6) is -2.85. The lowest BCUT2D eigenvalue weighted by atomic mass is 9.81. The molecule has 2 fully saturated rings. The molecule has 1 saturated carbocycles. The smallest absolute Gasteiger partial charge is 0.335 e. The fourth-order valence-electron chi connectivity index (χ4n) is 6.22. The third-order valence-electron chi connectivity index (χ3n) is 9.01. The second-order valence-electron chi connectivity index (χ2n) is 13.2. The molecule has 1 unspecified atom stereocenters. The van der Waals surface area contributed by atoms with Crippen LogP contribution >= 0.6 is 11.6 Å². The number of halogens is 1. The van der Waals surface area contributed by atoms with Crippen molar-refractivity contribution in [2.75, 3.05) is 39.0 Å². The van der Waals surface area contributed by atoms with Gasteiger partial charge in [-0.1, -0.05) is 18.5 Å². The number of anilines is 1. The molecule has 22 heteroatoms. The summed E-state index contributed by atoms with van der Waals surface area (Å²) in [6.45, 7) is 4.21. The monoisotopic (exact) mass is 863 g/mol. The van der Waals surface area contributed by atoms with Crippen LogP contribution in [-0.4, -0.2) is 105 Å². The number of hydrogen-bond donors (Lipinski definition) is 2. The van der Waals surface area contributed by atoms with E-state index >= 15 is 0 Å². The van der Waals surface area contributed by atoms with Gasteiger partial charge in [0.05, 0.1) is 60.9 Å². The zero-order valence-corrected chi connectivity index (χ0v) is 34.6. The average Bonchev–Trinajstić information content (AvgIpc) is 3.81. The van der Waals surface area contributed by atoms with E-state index in [1.54, 1.807) is 12.1 Å². The van der Waals surface area contributed by atoms with Gasteiger partial charge in [-0.3, -0.25) is 19.7 Å². The van der Waals surface area contributed by atoms with Gasteiger partial charge in [-0.15, -0.1) is 0 Å². The van der Waals surface area contributed by atoms with E-state index in [0.717, 1.165) is 19.1 Å². The van der Waals surface area contributed by atoms with Crippen LogP contribution in [0.25, 0.3) is 5.65 Å². The van der Waals surface area contributed by atoms with Crippen LogP contribution < -0.4 is 19.5 Å². The van der Waals surface area contributed by atoms with Gasteiger partial charge in [0.2, 0.25) is 22.7 Å². The van der Waals surface area contributed by atoms with Crippen molar-refractivity contribution in [1.82, 2.24) is 29.3 Å². The van der Waals surface area contributed by atoms with Crippen molar-refractivity contribution in [1.29, 1.82) is 0 Å². The number of amides is 2. The highest BCUT2D eigenvalue weighted by atomic mass is 35.5. The Bertz CT molecular complexity index is 2420. The number of ketones is 3. The molecule has 1 aromatic carbocycles. The summed E-state index contributed by atoms with van der Waals surface area (Å²) in [5, 5.41) is 6.17. The second-order valence-corrected chi connectivity index (χ2v) is 17.2. The number of urea groups is 1. The molecule has 4 heterocycles. The maximum absolute atomic E-state index is 12.9. The molecule has 0 bridgehead atoms. The number of aromatic nitrogens is 5. The average molecular weight is 864 g/mol. The van der Waals surface area contributed by atoms with Gasteiger partial charge in [0.25, 0.3) is 10.0 Å². The second kappa shape index (κ2) is 18.7. The number of nitrogens with zero attached hydrogens (tertiary/aromatic N) is 5. The first-order chi connectivity index (χ1) is 27.5. The van der Waals surface area contributed by atoms with Crippen molar-refractivity contribution < 1.29 is 55.0 Å². The Kier molecular flexibility index (Phi) is 14.2. The lowest BCUT2D eigenvalue weighted by Gasteiger charge is -2.20. The number of hydrogen-bond acceptors (Lipinski definition) is 16. The van der Waals surface area contributed by atoms with Crippen LogP contribution in [-0.2, 0) is 52.0 Å². The van der Waals surface area contributed by atoms with Crippen LogP contribution in [0.3, 0.4) is 0 Å². The SMILES string of the molecule is CCc1ccc2nc(C)c(S(=O)(=O)NC(=O)Nc3nc(OC)cc(OC)n3)n2n1.CS(=O)(=O)c1ccc(C(=O)C2C(=O)CCCC2=O)c(Cl)c1COCC1CCCO1. The molecule has 58 heavy (non-hydrogen) atoms. The standard InChI is InChI=1S/C20H23ClO7S.C16H19N7O5S/c1-29(25,26)17-8-7-13(20(24)18-15(22)5-2-6-16(18)23)19(21)14(17)11-27-10-12-4-3-9-28-12;1-5-10-6-7-11-17-9(2)14(23(11)21-10)29(25,26)22-16(24)20-15-18-12(27-3)8-13(19-15)28-4/h7-8,12,18H,2-6,9-11H2,1H3;6-8H,5H2,1-4H3,(H2,18,19,20,22,24). The van der Waals surface area contributed by atoms with Crippen molar-refractivity contribution in [2.45, 2.75) is 75.0 Å². The van der Waals surface area contributed by atoms with Crippen LogP contribution in [0.2, 0.25) is 5.02 Å². The third kappa shape index (κ3) is 10.3. The molecule has 0 radical (unpaired) electrons. The number of nitrogens with one attached hydrogen (secondary N) is 2. The van der Waals surface area contributed by atoms with Gasteiger partial charge in [-0.05, 0) is 56.9 Å². The zero-order valence-electron chi connectivity index (χ0n) is 32.2. The number of carbonyl (C=O) groups excluding carboxylic acids is 4. The number of ether oxygens (including phenoxy) is 4. The summed E-state index contributed by atoms with van der Waals surface area (Å²) in [7, 11) is -5.17. The number of methoxy groups -OCH3 is 2. The number of Topliss-reactive ketones (excluding diaryl/α,β-unsaturated/α-hetero) is 3. The quantitative estimate of drug-likeness (QED) is 0.144. The summed E-state index contributed by atoms with van der Waals surface area (Å²) in [6.07, 6.45) is 4.15. The highest BCUT2D eigenvalue weighted by molar-refractivity contribution is 7.90. The maximum atomic E-state index is 12.9. The van der Waals surface area contributed by atoms with Crippen molar-refractivity contribution in [3.63, 3.8) is 0 Å². The van der Waals surface area contributed by atoms with Crippen LogP contribution in [0, 0.1) is 12.8 Å². The lowest BCUT2D eigenvalue weighted by molar-refractivity contribution is -0.133. The van der Waals surface area contributed by atoms with E-state index in [0.29, 0.717) is 30.8 Å². The maximum Gasteiger partial charge on any atom is 0.335 e. The number of benzene rings is 1. The fraction of sp³-hybridized carbons (Fsp3) is 0.444. The van der Waals surface area contributed by atoms with E-state index < -0.39 is 49.2 Å². The van der Waals surface area contributed by atoms with Gasteiger partial charge in [-0.25, -0.2) is 22.9 Å². The molecule has 2 N–H and O–H groups in total. The highest BCUT2D eigenvalue weighted by Crippen LogP contribution is 2.32. The van der Waals surface area contributed by atoms with Crippen LogP contribution in [0.1, 0.15) is 66.3 Å². The first kappa shape index (κ1) is 44.0. The number of imidazole rings is 1. The van der Waals surface area contributed by atoms with Crippen LogP contribution in [0.5, 0.6) is 11.8 Å². The number of sulfone groups is 1. The molecule has 3 aromatic heterocycles. The first-order valence-corrected chi connectivity index (χ1v) is 21.7. The van der Waals surface area contributed by atoms with E-state index in [9.17, 15) is 36.0 Å². The molecule has 0 spiro atoms. The van der Waals surface area contributed by atoms with Gasteiger partial charge >= 0.3 is 6.03 Å². The highest BCUT2D eigenvalue weighted by Gasteiger charge is 2.38. The zero-order chi connectivity index (χ0) is 42.4. The predicted octanol–water partition coefficient (Wildman–Crippen LogP) is 3.48. The summed E-state index contributed by atoms with van der Waals surface area (Å²) >= 11 is 6.41. The Morgan fingerprint density at radius 1 is 0.983 bits per heavy atom. The van der Waals surface area contributed by atoms with Crippen LogP contribution in [0.4, 0.5) is 10.7 Å². The number of fused-ring (bicyclic) bond motifs is 1. The normalized spacial score (nSPS) is 16.1. The first-order valence-electron chi connectivity index (χ1n) is 17.9. The van der Waals surface area contributed by atoms with Crippen molar-refractivity contribution >= 4 is 66.4 Å². The minimum absolute atomic E-state index is 0.0385. The van der Waals surface area contributed by atoms with E-state index in [-0.39, 0.29) is 81.6 Å². The lowest BCUT2D eigenvalue weighted by Crippen LogP contribution is -2.36. The van der Waals surface area contributed by atoms with E-state index in [1.165, 1.54) is 43.9 Å². The molecule has 2 aliphatic rings. The van der Waals surface area contributed by atoms with Gasteiger partial charge in [0, 0.05) is 36.8 Å². The Hall–Kier alpha value is -5.09. The van der Waals surface area contributed by atoms with Gasteiger partial charge in [0.1, 0.15) is 5.92 Å². The Balaban J connectivity index is 0.000000221. The molecule has 4 aromatic rings. The van der Waals surface area contributed by atoms with Crippen molar-refractivity contribution in [3.8, 4) is 11.8 Å². The molecule has 1 atom stereocenters. The van der Waals surface area contributed by atoms with Gasteiger partial charge < -0.3 is 18.9 Å². The number of aryl methyl sites for hydroxylation is 2. The molecular formula is C36H42ClN7O12S2. The molecule has 1 aliphatic heterocycles. The minimum Gasteiger partial charge on any atom is -0.481 e. The summed E-state index contributed by atoms with van der Waals surface area (Å²) in [4.78, 5) is 61.4. The largest absolute Gasteiger partial charge is 0.481 e. The molecule has 1 aliphatic carbocycles. The Morgan fingerprint density at radius 3 is 2.24 bits per heavy atom. The number of sulfonamides is 1. The Morgan fingerprint density at radius 2 is 1.66 bits per heavy atom. The molecule has 1 saturated heterocycles. The van der Waals surface area contributed by atoms with Crippen molar-refractivity contribution in [2.24, 2.45) is 5.92 Å². The molecule has 312 valence electrons. The van der Waals surface area contributed by atoms with E-state index in [2.05, 4.69) is 25.4 Å². The van der Waals surface area contributed by atoms with Crippen LogP contribution in [0.15, 0.2) is 40.3 Å². The van der Waals surface area contributed by atoms with E-state index in [1.807, 2.05) is 11.6 Å². The summed E-state index contributed by atoms with van der Waals surface area (Å²) in [5.41, 5.74) is 1.33. The molecule has 6 rings (SSSR count). The number of rotatable bonds is 13. The van der Waals surface area contributed by atoms with Gasteiger partial charge in [-0.2, -0.15) is 28.0 Å². The topological polar surface area (TPSA) is 254 Å². The van der Waals surface area contributed by atoms with Crippen molar-refractivity contribution in [3.05, 3.63) is 57.9 Å². The molecule has 19 nitrogen and oxygen atoms in total. The number of carbonyl (C=O) groups is 4. The molecule has 2 amide bonds.